The van der Waals surface area contributed by atoms with Gasteiger partial charge in [-0.15, -0.1) is 0 Å². The standard InChI is InChI=1S/C16H31N.C16H25N.3C14H27N.C13H25N.C12H24FN.C12H25N/c2*1-15(2,3)14-11-12-9-7-8-10-13(12)17(14)16(4,5)6;1-12(2,3)11-9-14(7-8-14)10-15(11)13(4,5)6;1-12(2,3)11-14(7-8-14)9-10-15(11)13(4,5)6;1-12(2,3)11-7-8-14(9-10-14)15(11)13(4,5)6;1-12(2,3)11-8-9-7-10(9)14(11)13(4,5)6;1-11(2,3)10-7-9(13)8-14(10)12(4,5)6;1-11(2,3)10-8-7-9-13(10)12(4,5)6/h12-14H,7-11H2,1-6H3;7-10,14H,11H2,1-6H3;3*11H,7-10H2,1-6H3;9-11H,7-8H2,1-6H3;9-10H,7-8H2,1-6H3;10H,7-9H2,1-6H3. The molecule has 0 bridgehead atoms. The largest absolute Gasteiger partial charge is 0.363 e. The first-order valence-corrected chi connectivity index (χ1v) is 50.4. The summed E-state index contributed by atoms with van der Waals surface area (Å²) >= 11 is 0. The Morgan fingerprint density at radius 1 is 0.317 bits per heavy atom. The smallest absolute Gasteiger partial charge is 0.114 e. The van der Waals surface area contributed by atoms with E-state index in [1.54, 1.807) is 0 Å². The molecule has 8 nitrogen and oxygen atoms in total. The van der Waals surface area contributed by atoms with Crippen LogP contribution >= 0.6 is 0 Å². The summed E-state index contributed by atoms with van der Waals surface area (Å²) < 4.78 is 13.4. The van der Waals surface area contributed by atoms with Crippen molar-refractivity contribution in [3.05, 3.63) is 29.8 Å². The topological polar surface area (TPSA) is 25.9 Å². The van der Waals surface area contributed by atoms with Crippen LogP contribution in [-0.4, -0.2) is 177 Å². The number of halogens is 1. The van der Waals surface area contributed by atoms with Gasteiger partial charge in [-0.1, -0.05) is 197 Å². The average molecular weight is 1680 g/mol. The monoisotopic (exact) mass is 1680 g/mol. The summed E-state index contributed by atoms with van der Waals surface area (Å²) in [5.41, 5.74) is 10.4. The molecule has 13 atom stereocenters. The van der Waals surface area contributed by atoms with Gasteiger partial charge in [0.2, 0.25) is 0 Å². The van der Waals surface area contributed by atoms with Crippen LogP contribution in [0.1, 0.15) is 466 Å². The number of fused-ring (bicyclic) bond motifs is 3. The van der Waals surface area contributed by atoms with Crippen molar-refractivity contribution < 1.29 is 4.39 Å². The lowest BCUT2D eigenvalue weighted by molar-refractivity contribution is 0.0140. The third kappa shape index (κ3) is 26.7. The van der Waals surface area contributed by atoms with Crippen molar-refractivity contribution >= 4 is 5.69 Å². The van der Waals surface area contributed by atoms with Crippen molar-refractivity contribution in [2.45, 2.75) is 584 Å². The summed E-state index contributed by atoms with van der Waals surface area (Å²) in [5.74, 6) is 2.01. The number of hydrogen-bond donors (Lipinski definition) is 0. The van der Waals surface area contributed by atoms with Crippen molar-refractivity contribution in [2.24, 2.45) is 66.0 Å². The molecule has 13 aliphatic rings. The van der Waals surface area contributed by atoms with Gasteiger partial charge in [-0.2, -0.15) is 0 Å². The average Bonchev–Trinajstić information content (AvgIpc) is 1.56. The van der Waals surface area contributed by atoms with Gasteiger partial charge >= 0.3 is 0 Å². The molecule has 9 heteroatoms. The summed E-state index contributed by atoms with van der Waals surface area (Å²) in [6, 6.07) is 16.3. The molecule has 702 valence electrons. The second-order valence-electron chi connectivity index (χ2n) is 59.1. The van der Waals surface area contributed by atoms with E-state index >= 15 is 0 Å². The molecule has 1 aromatic carbocycles. The molecule has 7 saturated heterocycles. The lowest BCUT2D eigenvalue weighted by atomic mass is 9.76. The number of nitrogens with zero attached hydrogens (tertiary/aromatic N) is 8. The molecule has 14 rings (SSSR count). The van der Waals surface area contributed by atoms with Crippen LogP contribution in [0.3, 0.4) is 0 Å². The first-order chi connectivity index (χ1) is 53.5. The normalized spacial score (nSPS) is 30.7. The maximum atomic E-state index is 13.4. The summed E-state index contributed by atoms with van der Waals surface area (Å²) in [6.07, 6.45) is 28.7. The Labute approximate surface area is 750 Å². The number of rotatable bonds is 0. The molecular weight excluding hydrogens is 1460 g/mol. The van der Waals surface area contributed by atoms with Crippen molar-refractivity contribution in [2.75, 3.05) is 31.1 Å². The van der Waals surface area contributed by atoms with Crippen molar-refractivity contribution in [3.8, 4) is 0 Å². The van der Waals surface area contributed by atoms with E-state index in [-0.39, 0.29) is 16.5 Å². The molecule has 0 N–H and O–H groups in total. The van der Waals surface area contributed by atoms with Gasteiger partial charge in [0.05, 0.1) is 0 Å². The second kappa shape index (κ2) is 36.1. The molecule has 13 unspecified atom stereocenters. The SMILES string of the molecule is CC(C)(C)C1CC(F)CN1C(C)(C)C.CC(C)(C)C1CC2(CC2)CN1C(C)(C)C.CC(C)(C)C1CC2CC2N1C(C)(C)C.CC(C)(C)C1CC2CCCCC2N1C(C)(C)C.CC(C)(C)C1CCC2(CC2)N1C(C)(C)C.CC(C)(C)C1CCCN1C(C)(C)C.CC(C)(C)C1Cc2ccccc2N1C(C)(C)C.CC(C)(C)C1N(C(C)(C)C)CCC12CC2. The third-order valence-corrected chi connectivity index (χ3v) is 31.6. The number of para-hydroxylation sites is 1. The molecule has 120 heavy (non-hydrogen) atoms. The molecule has 5 aliphatic carbocycles. The molecule has 8 aliphatic heterocycles. The highest BCUT2D eigenvalue weighted by atomic mass is 19.1. The van der Waals surface area contributed by atoms with Crippen LogP contribution in [0.15, 0.2) is 24.3 Å². The number of piperidine rings is 1. The first-order valence-electron chi connectivity index (χ1n) is 50.4. The van der Waals surface area contributed by atoms with E-state index in [9.17, 15) is 4.39 Å². The van der Waals surface area contributed by atoms with E-state index in [4.69, 9.17) is 0 Å². The minimum Gasteiger partial charge on any atom is -0.363 e. The van der Waals surface area contributed by atoms with Crippen molar-refractivity contribution in [1.82, 2.24) is 34.3 Å². The Hall–Kier alpha value is -1.33. The second-order valence-corrected chi connectivity index (χ2v) is 59.1. The Kier molecular flexibility index (Phi) is 31.8. The highest BCUT2D eigenvalue weighted by Gasteiger charge is 2.63. The van der Waals surface area contributed by atoms with E-state index in [2.05, 4.69) is 396 Å². The number of anilines is 1. The van der Waals surface area contributed by atoms with Gasteiger partial charge < -0.3 is 4.90 Å². The van der Waals surface area contributed by atoms with Gasteiger partial charge in [0.25, 0.3) is 0 Å². The van der Waals surface area contributed by atoms with Crippen LogP contribution in [0.25, 0.3) is 0 Å². The summed E-state index contributed by atoms with van der Waals surface area (Å²) in [5, 5.41) is 0. The highest BCUT2D eigenvalue weighted by Crippen LogP contribution is 2.64. The quantitative estimate of drug-likeness (QED) is 0.254. The van der Waals surface area contributed by atoms with Crippen LogP contribution in [0, 0.1) is 66.0 Å². The number of alkyl halides is 1. The Balaban J connectivity index is 0.000000189. The minimum absolute atomic E-state index is 0.0821. The summed E-state index contributed by atoms with van der Waals surface area (Å²) in [4.78, 5) is 21.6. The zero-order valence-electron chi connectivity index (χ0n) is 89.9. The van der Waals surface area contributed by atoms with Crippen LogP contribution in [0.4, 0.5) is 10.1 Å². The fourth-order valence-corrected chi connectivity index (χ4v) is 25.5. The van der Waals surface area contributed by atoms with E-state index < -0.39 is 6.17 Å². The van der Waals surface area contributed by atoms with E-state index in [0.29, 0.717) is 107 Å². The van der Waals surface area contributed by atoms with Gasteiger partial charge in [0.15, 0.2) is 0 Å². The fourth-order valence-electron chi connectivity index (χ4n) is 25.5. The lowest BCUT2D eigenvalue weighted by Gasteiger charge is -2.47. The van der Waals surface area contributed by atoms with Gasteiger partial charge in [-0.3, -0.25) is 34.3 Å². The zero-order valence-corrected chi connectivity index (χ0v) is 89.9. The van der Waals surface area contributed by atoms with E-state index in [0.717, 1.165) is 65.6 Å². The molecule has 8 heterocycles. The fraction of sp³-hybridized carbons (Fsp3) is 0.946. The Morgan fingerprint density at radius 2 is 0.758 bits per heavy atom. The molecular formula is C111H211FN8. The van der Waals surface area contributed by atoms with Crippen molar-refractivity contribution in [1.29, 1.82) is 0 Å². The van der Waals surface area contributed by atoms with E-state index in [1.165, 1.54) is 159 Å². The molecule has 3 spiro atoms. The number of benzene rings is 1. The molecule has 0 amide bonds. The third-order valence-electron chi connectivity index (χ3n) is 31.6. The Bertz CT molecular complexity index is 3190. The first kappa shape index (κ1) is 106. The van der Waals surface area contributed by atoms with Crippen molar-refractivity contribution in [3.63, 3.8) is 0 Å². The van der Waals surface area contributed by atoms with Crippen LogP contribution < -0.4 is 4.90 Å². The van der Waals surface area contributed by atoms with Gasteiger partial charge in [-0.25, -0.2) is 4.39 Å². The zero-order chi connectivity index (χ0) is 92.3. The molecule has 5 saturated carbocycles. The minimum atomic E-state index is -0.640. The van der Waals surface area contributed by atoms with Crippen LogP contribution in [0.5, 0.6) is 0 Å². The molecule has 0 aromatic heterocycles. The van der Waals surface area contributed by atoms with Crippen LogP contribution in [-0.2, 0) is 6.42 Å². The van der Waals surface area contributed by atoms with Gasteiger partial charge in [-0.05, 0) is 379 Å². The number of likely N-dealkylation sites (tertiary alicyclic amines) is 7. The summed E-state index contributed by atoms with van der Waals surface area (Å²) in [6.45, 7) is 118. The predicted octanol–water partition coefficient (Wildman–Crippen LogP) is 29.8. The Morgan fingerprint density at radius 3 is 1.13 bits per heavy atom. The summed E-state index contributed by atoms with van der Waals surface area (Å²) in [7, 11) is 0. The van der Waals surface area contributed by atoms with E-state index in [1.807, 2.05) is 0 Å². The molecule has 0 radical (unpaired) electrons. The van der Waals surface area contributed by atoms with Gasteiger partial charge in [0.1, 0.15) is 6.17 Å². The maximum absolute atomic E-state index is 13.4. The number of hydrogen-bond acceptors (Lipinski definition) is 8. The lowest BCUT2D eigenvalue weighted by Crippen LogP contribution is -2.54. The molecule has 12 fully saturated rings. The molecule has 1 aromatic rings. The van der Waals surface area contributed by atoms with Crippen LogP contribution in [0.2, 0.25) is 0 Å². The predicted molar refractivity (Wildman–Crippen MR) is 528 cm³/mol. The maximum Gasteiger partial charge on any atom is 0.114 e. The van der Waals surface area contributed by atoms with Gasteiger partial charge in [0, 0.05) is 129 Å². The highest BCUT2D eigenvalue weighted by molar-refractivity contribution is 5.61.